The number of carbonyl (C=O) groups is 1. The van der Waals surface area contributed by atoms with Gasteiger partial charge in [0.05, 0.1) is 5.69 Å². The number of carboxylic acids is 1. The van der Waals surface area contributed by atoms with E-state index >= 15 is 0 Å². The van der Waals surface area contributed by atoms with E-state index in [2.05, 4.69) is 9.97 Å². The van der Waals surface area contributed by atoms with Gasteiger partial charge in [-0.2, -0.15) is 4.98 Å². The van der Waals surface area contributed by atoms with Gasteiger partial charge in [-0.15, -0.1) is 0 Å². The van der Waals surface area contributed by atoms with Crippen LogP contribution >= 0.6 is 0 Å². The summed E-state index contributed by atoms with van der Waals surface area (Å²) in [5, 5.41) is 8.89. The smallest absolute Gasteiger partial charge is 0.352 e. The number of aromatic amines is 1. The van der Waals surface area contributed by atoms with E-state index in [1.807, 2.05) is 0 Å². The largest absolute Gasteiger partial charge is 0.477 e. The van der Waals surface area contributed by atoms with Crippen LogP contribution in [0.5, 0.6) is 11.5 Å². The molecule has 0 fully saturated rings. The molecule has 2 aromatic rings. The molecule has 96 valence electrons. The third kappa shape index (κ3) is 2.01. The first-order valence-corrected chi connectivity index (χ1v) is 5.38. The molecule has 0 atom stereocenters. The van der Waals surface area contributed by atoms with Gasteiger partial charge < -0.3 is 14.6 Å². The van der Waals surface area contributed by atoms with Crippen LogP contribution in [0.2, 0.25) is 0 Å². The first kappa shape index (κ1) is 11.3. The van der Waals surface area contributed by atoms with Crippen LogP contribution in [-0.2, 0) is 0 Å². The van der Waals surface area contributed by atoms with Crippen molar-refractivity contribution in [1.82, 2.24) is 9.97 Å². The first-order valence-electron chi connectivity index (χ1n) is 5.38. The zero-order valence-corrected chi connectivity index (χ0v) is 9.54. The predicted octanol–water partition coefficient (Wildman–Crippen LogP) is 0.864. The number of aromatic carboxylic acids is 1. The highest BCUT2D eigenvalue weighted by atomic mass is 16.7. The number of nitrogens with zero attached hydrogens (tertiary/aromatic N) is 1. The van der Waals surface area contributed by atoms with E-state index in [9.17, 15) is 9.59 Å². The molecule has 3 rings (SSSR count). The van der Waals surface area contributed by atoms with Gasteiger partial charge in [0, 0.05) is 5.56 Å². The summed E-state index contributed by atoms with van der Waals surface area (Å²) in [6.07, 6.45) is 0. The minimum atomic E-state index is -1.22. The quantitative estimate of drug-likeness (QED) is 0.830. The standard InChI is InChI=1S/C12H8N2O5/c15-11(16)8-4-7(13-12(17)14-8)6-1-2-9-10(3-6)19-5-18-9/h1-4H,5H2,(H,15,16)(H,13,14,17). The molecule has 1 aliphatic rings. The molecular formula is C12H8N2O5. The van der Waals surface area contributed by atoms with Crippen LogP contribution in [0, 0.1) is 0 Å². The Labute approximate surface area is 106 Å². The fourth-order valence-electron chi connectivity index (χ4n) is 1.78. The summed E-state index contributed by atoms with van der Waals surface area (Å²) in [6, 6.07) is 6.30. The van der Waals surface area contributed by atoms with E-state index in [-0.39, 0.29) is 18.2 Å². The fraction of sp³-hybridized carbons (Fsp3) is 0.0833. The molecular weight excluding hydrogens is 252 g/mol. The Morgan fingerprint density at radius 1 is 1.26 bits per heavy atom. The number of H-pyrrole nitrogens is 1. The Hall–Kier alpha value is -2.83. The van der Waals surface area contributed by atoms with Crippen molar-refractivity contribution in [2.24, 2.45) is 0 Å². The topological polar surface area (TPSA) is 102 Å². The van der Waals surface area contributed by atoms with Crippen molar-refractivity contribution < 1.29 is 19.4 Å². The van der Waals surface area contributed by atoms with Crippen molar-refractivity contribution in [1.29, 1.82) is 0 Å². The van der Waals surface area contributed by atoms with Gasteiger partial charge in [-0.3, -0.25) is 4.98 Å². The minimum Gasteiger partial charge on any atom is -0.477 e. The summed E-state index contributed by atoms with van der Waals surface area (Å²) < 4.78 is 10.4. The maximum absolute atomic E-state index is 11.3. The molecule has 0 saturated heterocycles. The number of hydrogen-bond acceptors (Lipinski definition) is 5. The maximum atomic E-state index is 11.3. The normalized spacial score (nSPS) is 12.4. The lowest BCUT2D eigenvalue weighted by atomic mass is 10.1. The molecule has 0 radical (unpaired) electrons. The van der Waals surface area contributed by atoms with Crippen molar-refractivity contribution in [3.63, 3.8) is 0 Å². The van der Waals surface area contributed by atoms with Crippen molar-refractivity contribution in [2.45, 2.75) is 0 Å². The second kappa shape index (κ2) is 4.13. The molecule has 2 heterocycles. The van der Waals surface area contributed by atoms with Crippen molar-refractivity contribution >= 4 is 5.97 Å². The molecule has 0 amide bonds. The molecule has 1 aromatic carbocycles. The number of nitrogens with one attached hydrogen (secondary N) is 1. The molecule has 0 unspecified atom stereocenters. The Morgan fingerprint density at radius 3 is 2.84 bits per heavy atom. The molecule has 19 heavy (non-hydrogen) atoms. The number of carboxylic acid groups (broad SMARTS) is 1. The van der Waals surface area contributed by atoms with Gasteiger partial charge in [0.1, 0.15) is 5.69 Å². The van der Waals surface area contributed by atoms with Gasteiger partial charge in [-0.1, -0.05) is 0 Å². The monoisotopic (exact) mass is 260 g/mol. The molecule has 0 aliphatic carbocycles. The highest BCUT2D eigenvalue weighted by Crippen LogP contribution is 2.35. The summed E-state index contributed by atoms with van der Waals surface area (Å²) in [4.78, 5) is 28.1. The Kier molecular flexibility index (Phi) is 2.45. The Balaban J connectivity index is 2.11. The molecule has 0 bridgehead atoms. The highest BCUT2D eigenvalue weighted by Gasteiger charge is 2.15. The van der Waals surface area contributed by atoms with Crippen LogP contribution in [0.3, 0.4) is 0 Å². The summed E-state index contributed by atoms with van der Waals surface area (Å²) in [6.45, 7) is 0.141. The van der Waals surface area contributed by atoms with Gasteiger partial charge in [0.2, 0.25) is 6.79 Å². The Morgan fingerprint density at radius 2 is 2.05 bits per heavy atom. The predicted molar refractivity (Wildman–Crippen MR) is 63.4 cm³/mol. The van der Waals surface area contributed by atoms with Crippen LogP contribution in [0.1, 0.15) is 10.5 Å². The molecule has 1 aromatic heterocycles. The second-order valence-corrected chi connectivity index (χ2v) is 3.86. The Bertz CT molecular complexity index is 722. The van der Waals surface area contributed by atoms with Crippen molar-refractivity contribution in [3.8, 4) is 22.8 Å². The molecule has 7 nitrogen and oxygen atoms in total. The number of ether oxygens (including phenoxy) is 2. The average Bonchev–Trinajstić information content (AvgIpc) is 2.85. The zero-order chi connectivity index (χ0) is 13.4. The van der Waals surface area contributed by atoms with Crippen molar-refractivity contribution in [3.05, 3.63) is 40.4 Å². The third-order valence-corrected chi connectivity index (χ3v) is 2.64. The molecule has 2 N–H and O–H groups in total. The number of rotatable bonds is 2. The summed E-state index contributed by atoms with van der Waals surface area (Å²) in [7, 11) is 0. The fourth-order valence-corrected chi connectivity index (χ4v) is 1.78. The minimum absolute atomic E-state index is 0.141. The lowest BCUT2D eigenvalue weighted by Crippen LogP contribution is -2.16. The van der Waals surface area contributed by atoms with Crippen molar-refractivity contribution in [2.75, 3.05) is 6.79 Å². The first-order chi connectivity index (χ1) is 9.13. The van der Waals surface area contributed by atoms with Crippen LogP contribution < -0.4 is 15.2 Å². The molecule has 1 aliphatic heterocycles. The van der Waals surface area contributed by atoms with Gasteiger partial charge >= 0.3 is 11.7 Å². The molecule has 7 heteroatoms. The number of fused-ring (bicyclic) bond motifs is 1. The van der Waals surface area contributed by atoms with E-state index in [0.29, 0.717) is 17.1 Å². The SMILES string of the molecule is O=C(O)c1cc(-c2ccc3c(c2)OCO3)nc(=O)[nH]1. The summed E-state index contributed by atoms with van der Waals surface area (Å²) in [5.74, 6) is -0.0787. The van der Waals surface area contributed by atoms with Crippen LogP contribution in [0.15, 0.2) is 29.1 Å². The van der Waals surface area contributed by atoms with E-state index in [4.69, 9.17) is 14.6 Å². The lowest BCUT2D eigenvalue weighted by Gasteiger charge is -2.03. The number of aromatic nitrogens is 2. The number of hydrogen-bond donors (Lipinski definition) is 2. The molecule has 0 spiro atoms. The van der Waals surface area contributed by atoms with E-state index < -0.39 is 11.7 Å². The highest BCUT2D eigenvalue weighted by molar-refractivity contribution is 5.86. The van der Waals surface area contributed by atoms with Gasteiger partial charge in [0.15, 0.2) is 11.5 Å². The second-order valence-electron chi connectivity index (χ2n) is 3.86. The van der Waals surface area contributed by atoms with E-state index in [1.165, 1.54) is 6.07 Å². The average molecular weight is 260 g/mol. The van der Waals surface area contributed by atoms with Crippen LogP contribution in [-0.4, -0.2) is 27.8 Å². The summed E-state index contributed by atoms with van der Waals surface area (Å²) in [5.41, 5.74) is -0.0856. The lowest BCUT2D eigenvalue weighted by molar-refractivity contribution is 0.0690. The van der Waals surface area contributed by atoms with E-state index in [1.54, 1.807) is 18.2 Å². The van der Waals surface area contributed by atoms with Gasteiger partial charge in [0.25, 0.3) is 0 Å². The zero-order valence-electron chi connectivity index (χ0n) is 9.54. The van der Waals surface area contributed by atoms with Gasteiger partial charge in [-0.05, 0) is 24.3 Å². The maximum Gasteiger partial charge on any atom is 0.352 e. The summed E-state index contributed by atoms with van der Waals surface area (Å²) >= 11 is 0. The van der Waals surface area contributed by atoms with E-state index in [0.717, 1.165) is 0 Å². The van der Waals surface area contributed by atoms with Crippen LogP contribution in [0.4, 0.5) is 0 Å². The van der Waals surface area contributed by atoms with Gasteiger partial charge in [-0.25, -0.2) is 9.59 Å². The third-order valence-electron chi connectivity index (χ3n) is 2.64. The molecule has 0 saturated carbocycles. The number of benzene rings is 1. The van der Waals surface area contributed by atoms with Crippen LogP contribution in [0.25, 0.3) is 11.3 Å².